The van der Waals surface area contributed by atoms with Crippen molar-refractivity contribution in [3.05, 3.63) is 33.3 Å². The number of benzene rings is 1. The number of likely N-dealkylation sites (N-methyl/N-ethyl adjacent to an activating group) is 1. The Kier molecular flexibility index (Phi) is 6.23. The molecule has 116 valence electrons. The number of nitrogens with one attached hydrogen (secondary N) is 1. The van der Waals surface area contributed by atoms with Crippen LogP contribution in [0, 0.1) is 0 Å². The molecule has 0 aromatic heterocycles. The predicted octanol–water partition coefficient (Wildman–Crippen LogP) is 3.48. The van der Waals surface area contributed by atoms with E-state index < -0.39 is 0 Å². The molecular formula is C15H20BrClN2O2. The van der Waals surface area contributed by atoms with Gasteiger partial charge >= 0.3 is 0 Å². The van der Waals surface area contributed by atoms with E-state index in [1.54, 1.807) is 18.2 Å². The largest absolute Gasteiger partial charge is 0.350 e. The second kappa shape index (κ2) is 7.27. The van der Waals surface area contributed by atoms with Crippen LogP contribution in [0.15, 0.2) is 22.7 Å². The van der Waals surface area contributed by atoms with E-state index in [2.05, 4.69) is 21.2 Å². The van der Waals surface area contributed by atoms with E-state index in [1.165, 1.54) is 4.90 Å². The first-order valence-electron chi connectivity index (χ1n) is 6.69. The summed E-state index contributed by atoms with van der Waals surface area (Å²) in [5.41, 5.74) is 0.180. The van der Waals surface area contributed by atoms with E-state index in [-0.39, 0.29) is 23.9 Å². The first-order valence-corrected chi connectivity index (χ1v) is 7.86. The molecule has 0 fully saturated rings. The van der Waals surface area contributed by atoms with Crippen LogP contribution < -0.4 is 5.32 Å². The van der Waals surface area contributed by atoms with Crippen LogP contribution in [-0.2, 0) is 4.79 Å². The topological polar surface area (TPSA) is 49.4 Å². The summed E-state index contributed by atoms with van der Waals surface area (Å²) in [6.07, 6.45) is 0. The molecule has 1 rings (SSSR count). The summed E-state index contributed by atoms with van der Waals surface area (Å²) in [5.74, 6) is -0.371. The van der Waals surface area contributed by atoms with Crippen LogP contribution in [0.25, 0.3) is 0 Å². The summed E-state index contributed by atoms with van der Waals surface area (Å²) >= 11 is 9.21. The molecule has 1 aromatic carbocycles. The van der Waals surface area contributed by atoms with E-state index in [9.17, 15) is 9.59 Å². The highest BCUT2D eigenvalue weighted by Gasteiger charge is 2.20. The molecule has 0 aliphatic rings. The number of halogens is 2. The number of carbonyl (C=O) groups is 2. The van der Waals surface area contributed by atoms with Gasteiger partial charge in [0.1, 0.15) is 0 Å². The van der Waals surface area contributed by atoms with E-state index in [0.29, 0.717) is 21.6 Å². The van der Waals surface area contributed by atoms with Crippen molar-refractivity contribution in [2.24, 2.45) is 0 Å². The molecule has 0 aliphatic heterocycles. The normalized spacial score (nSPS) is 11.1. The summed E-state index contributed by atoms with van der Waals surface area (Å²) < 4.78 is 0.658. The van der Waals surface area contributed by atoms with Crippen LogP contribution in [0.3, 0.4) is 0 Å². The van der Waals surface area contributed by atoms with Gasteiger partial charge in [0.2, 0.25) is 5.91 Å². The van der Waals surface area contributed by atoms with Crippen molar-refractivity contribution in [2.75, 3.05) is 13.1 Å². The fourth-order valence-electron chi connectivity index (χ4n) is 1.77. The standard InChI is InChI=1S/C15H20BrClN2O2/c1-5-19(9-13(20)18-15(2,3)4)14(21)10-6-7-12(17)11(16)8-10/h6-8H,5,9H2,1-4H3,(H,18,20). The SMILES string of the molecule is CCN(CC(=O)NC(C)(C)C)C(=O)c1ccc(Cl)c(Br)c1. The molecule has 0 radical (unpaired) electrons. The monoisotopic (exact) mass is 374 g/mol. The van der Waals surface area contributed by atoms with Gasteiger partial charge in [-0.2, -0.15) is 0 Å². The minimum absolute atomic E-state index is 0.0346. The van der Waals surface area contributed by atoms with Crippen molar-refractivity contribution >= 4 is 39.3 Å². The second-order valence-corrected chi connectivity index (χ2v) is 7.01. The zero-order chi connectivity index (χ0) is 16.2. The van der Waals surface area contributed by atoms with Crippen LogP contribution in [0.2, 0.25) is 5.02 Å². The Morgan fingerprint density at radius 2 is 1.95 bits per heavy atom. The van der Waals surface area contributed by atoms with Gasteiger partial charge in [0.25, 0.3) is 5.91 Å². The van der Waals surface area contributed by atoms with Crippen LogP contribution >= 0.6 is 27.5 Å². The number of amides is 2. The molecule has 2 amide bonds. The Morgan fingerprint density at radius 3 is 2.43 bits per heavy atom. The molecule has 0 saturated carbocycles. The van der Waals surface area contributed by atoms with Crippen LogP contribution in [0.4, 0.5) is 0 Å². The fourth-order valence-corrected chi connectivity index (χ4v) is 2.27. The smallest absolute Gasteiger partial charge is 0.254 e. The summed E-state index contributed by atoms with van der Waals surface area (Å²) in [6.45, 7) is 8.04. The lowest BCUT2D eigenvalue weighted by Crippen LogP contribution is -2.47. The van der Waals surface area contributed by atoms with Crippen LogP contribution in [0.5, 0.6) is 0 Å². The molecule has 0 atom stereocenters. The summed E-state index contributed by atoms with van der Waals surface area (Å²) in [6, 6.07) is 4.97. The van der Waals surface area contributed by atoms with E-state index in [0.717, 1.165) is 0 Å². The van der Waals surface area contributed by atoms with Crippen molar-refractivity contribution in [2.45, 2.75) is 33.2 Å². The molecule has 1 aromatic rings. The zero-order valence-corrected chi connectivity index (χ0v) is 15.0. The molecule has 0 spiro atoms. The first kappa shape index (κ1) is 18.0. The molecule has 4 nitrogen and oxygen atoms in total. The molecule has 0 saturated heterocycles. The lowest BCUT2D eigenvalue weighted by Gasteiger charge is -2.25. The average molecular weight is 376 g/mol. The Labute approximate surface area is 139 Å². The Bertz CT molecular complexity index is 541. The van der Waals surface area contributed by atoms with Crippen molar-refractivity contribution in [1.82, 2.24) is 10.2 Å². The lowest BCUT2D eigenvalue weighted by atomic mass is 10.1. The fraction of sp³-hybridized carbons (Fsp3) is 0.467. The van der Waals surface area contributed by atoms with E-state index in [4.69, 9.17) is 11.6 Å². The number of hydrogen-bond acceptors (Lipinski definition) is 2. The zero-order valence-electron chi connectivity index (χ0n) is 12.7. The van der Waals surface area contributed by atoms with Crippen molar-refractivity contribution in [3.8, 4) is 0 Å². The van der Waals surface area contributed by atoms with E-state index in [1.807, 2.05) is 27.7 Å². The van der Waals surface area contributed by atoms with E-state index >= 15 is 0 Å². The second-order valence-electron chi connectivity index (χ2n) is 5.75. The molecule has 6 heteroatoms. The third kappa shape index (κ3) is 5.67. The average Bonchev–Trinajstić information content (AvgIpc) is 2.36. The molecular weight excluding hydrogens is 356 g/mol. The number of nitrogens with zero attached hydrogens (tertiary/aromatic N) is 1. The van der Waals surface area contributed by atoms with Crippen molar-refractivity contribution in [3.63, 3.8) is 0 Å². The highest BCUT2D eigenvalue weighted by Crippen LogP contribution is 2.23. The lowest BCUT2D eigenvalue weighted by molar-refractivity contribution is -0.123. The van der Waals surface area contributed by atoms with Crippen molar-refractivity contribution in [1.29, 1.82) is 0 Å². The molecule has 0 aliphatic carbocycles. The highest BCUT2D eigenvalue weighted by atomic mass is 79.9. The molecule has 1 N–H and O–H groups in total. The van der Waals surface area contributed by atoms with Gasteiger partial charge in [0.15, 0.2) is 0 Å². The van der Waals surface area contributed by atoms with Gasteiger partial charge in [-0.3, -0.25) is 9.59 Å². The summed E-state index contributed by atoms with van der Waals surface area (Å²) in [4.78, 5) is 25.9. The first-order chi connectivity index (χ1) is 9.64. The van der Waals surface area contributed by atoms with Gasteiger partial charge in [0, 0.05) is 22.1 Å². The van der Waals surface area contributed by atoms with Gasteiger partial charge in [-0.15, -0.1) is 0 Å². The molecule has 0 heterocycles. The Hall–Kier alpha value is -1.07. The van der Waals surface area contributed by atoms with Crippen LogP contribution in [0.1, 0.15) is 38.1 Å². The van der Waals surface area contributed by atoms with Crippen molar-refractivity contribution < 1.29 is 9.59 Å². The van der Waals surface area contributed by atoms with Gasteiger partial charge in [-0.05, 0) is 61.8 Å². The molecule has 0 bridgehead atoms. The maximum absolute atomic E-state index is 12.4. The van der Waals surface area contributed by atoms with Gasteiger partial charge in [0.05, 0.1) is 11.6 Å². The minimum Gasteiger partial charge on any atom is -0.350 e. The Morgan fingerprint density at radius 1 is 1.33 bits per heavy atom. The maximum atomic E-state index is 12.4. The van der Waals surface area contributed by atoms with Gasteiger partial charge < -0.3 is 10.2 Å². The number of rotatable bonds is 4. The minimum atomic E-state index is -0.317. The Balaban J connectivity index is 2.82. The third-order valence-electron chi connectivity index (χ3n) is 2.68. The highest BCUT2D eigenvalue weighted by molar-refractivity contribution is 9.10. The number of carbonyl (C=O) groups excluding carboxylic acids is 2. The van der Waals surface area contributed by atoms with Crippen LogP contribution in [-0.4, -0.2) is 35.3 Å². The summed E-state index contributed by atoms with van der Waals surface area (Å²) in [7, 11) is 0. The summed E-state index contributed by atoms with van der Waals surface area (Å²) in [5, 5.41) is 3.39. The molecule has 21 heavy (non-hydrogen) atoms. The number of hydrogen-bond donors (Lipinski definition) is 1. The van der Waals surface area contributed by atoms with Gasteiger partial charge in [-0.1, -0.05) is 11.6 Å². The maximum Gasteiger partial charge on any atom is 0.254 e. The molecule has 0 unspecified atom stereocenters. The predicted molar refractivity (Wildman–Crippen MR) is 88.6 cm³/mol. The third-order valence-corrected chi connectivity index (χ3v) is 3.90. The quantitative estimate of drug-likeness (QED) is 0.876. The van der Waals surface area contributed by atoms with Gasteiger partial charge in [-0.25, -0.2) is 0 Å².